The summed E-state index contributed by atoms with van der Waals surface area (Å²) >= 11 is 1.49. The second-order valence-electron chi connectivity index (χ2n) is 7.39. The largest absolute Gasteiger partial charge is 0.481 e. The topological polar surface area (TPSA) is 90.2 Å². The van der Waals surface area contributed by atoms with Crippen molar-refractivity contribution in [2.45, 2.75) is 58.8 Å². The van der Waals surface area contributed by atoms with E-state index in [2.05, 4.69) is 11.4 Å². The first-order chi connectivity index (χ1) is 12.4. The van der Waals surface area contributed by atoms with Crippen LogP contribution in [0.3, 0.4) is 0 Å². The monoisotopic (exact) mass is 372 g/mol. The number of nitriles is 1. The molecule has 3 rings (SSSR count). The molecule has 0 saturated heterocycles. The van der Waals surface area contributed by atoms with Crippen molar-refractivity contribution in [1.82, 2.24) is 0 Å². The highest BCUT2D eigenvalue weighted by atomic mass is 32.1. The summed E-state index contributed by atoms with van der Waals surface area (Å²) in [5.74, 6) is -2.51. The molecule has 1 aromatic heterocycles. The fourth-order valence-corrected chi connectivity index (χ4v) is 5.22. The van der Waals surface area contributed by atoms with E-state index in [9.17, 15) is 20.0 Å². The molecule has 1 amide bonds. The first-order valence-corrected chi connectivity index (χ1v) is 9.97. The highest BCUT2D eigenvalue weighted by molar-refractivity contribution is 7.16. The van der Waals surface area contributed by atoms with Gasteiger partial charge >= 0.3 is 5.97 Å². The molecule has 2 N–H and O–H groups in total. The molecule has 5 nitrogen and oxygen atoms in total. The minimum Gasteiger partial charge on any atom is -0.481 e. The van der Waals surface area contributed by atoms with Crippen LogP contribution < -0.4 is 5.32 Å². The van der Waals surface area contributed by atoms with Crippen LogP contribution in [0.5, 0.6) is 0 Å². The van der Waals surface area contributed by atoms with Gasteiger partial charge in [0.1, 0.15) is 11.1 Å². The van der Waals surface area contributed by atoms with Crippen molar-refractivity contribution >= 4 is 28.2 Å². The lowest BCUT2D eigenvalue weighted by Gasteiger charge is -2.29. The maximum atomic E-state index is 12.9. The number of fused-ring (bicyclic) bond motifs is 1. The first kappa shape index (κ1) is 18.7. The third kappa shape index (κ3) is 3.54. The van der Waals surface area contributed by atoms with Crippen LogP contribution in [0.25, 0.3) is 0 Å². The van der Waals surface area contributed by atoms with Gasteiger partial charge in [0.2, 0.25) is 5.91 Å². The van der Waals surface area contributed by atoms with E-state index in [4.69, 9.17) is 0 Å². The molecule has 0 radical (unpaired) electrons. The lowest BCUT2D eigenvalue weighted by molar-refractivity contribution is -0.146. The molecule has 2 atom stereocenters. The summed E-state index contributed by atoms with van der Waals surface area (Å²) in [6.07, 6.45) is 6.05. The summed E-state index contributed by atoms with van der Waals surface area (Å²) in [5, 5.41) is 22.6. The minimum atomic E-state index is -0.931. The van der Waals surface area contributed by atoms with Gasteiger partial charge in [-0.3, -0.25) is 9.59 Å². The minimum absolute atomic E-state index is 0.280. The van der Waals surface area contributed by atoms with E-state index in [0.29, 0.717) is 23.4 Å². The van der Waals surface area contributed by atoms with Gasteiger partial charge in [-0.25, -0.2) is 0 Å². The molecule has 138 valence electrons. The van der Waals surface area contributed by atoms with Crippen LogP contribution in [0, 0.1) is 23.2 Å². The van der Waals surface area contributed by atoms with Crippen LogP contribution in [0.2, 0.25) is 0 Å². The van der Waals surface area contributed by atoms with Crippen LogP contribution in [0.1, 0.15) is 62.0 Å². The van der Waals surface area contributed by atoms with Gasteiger partial charge in [-0.05, 0) is 57.9 Å². The average Bonchev–Trinajstić information content (AvgIpc) is 2.76. The number of carbonyl (C=O) groups is 2. The molecular formula is C20H24N2O3S. The Labute approximate surface area is 157 Å². The molecule has 2 aliphatic carbocycles. The zero-order valence-electron chi connectivity index (χ0n) is 15.2. The van der Waals surface area contributed by atoms with Crippen molar-refractivity contribution in [1.29, 1.82) is 5.26 Å². The molecule has 6 heteroatoms. The number of aryl methyl sites for hydroxylation is 1. The van der Waals surface area contributed by atoms with E-state index < -0.39 is 17.8 Å². The molecule has 0 bridgehead atoms. The van der Waals surface area contributed by atoms with E-state index in [0.717, 1.165) is 42.4 Å². The van der Waals surface area contributed by atoms with Gasteiger partial charge in [0.15, 0.2) is 0 Å². The smallest absolute Gasteiger partial charge is 0.307 e. The molecular weight excluding hydrogens is 348 g/mol. The second-order valence-corrected chi connectivity index (χ2v) is 8.49. The van der Waals surface area contributed by atoms with E-state index >= 15 is 0 Å². The Morgan fingerprint density at radius 1 is 1.12 bits per heavy atom. The number of allylic oxidation sites excluding steroid dienone is 2. The van der Waals surface area contributed by atoms with Crippen LogP contribution in [0.4, 0.5) is 5.00 Å². The van der Waals surface area contributed by atoms with Gasteiger partial charge in [-0.2, -0.15) is 5.26 Å². The molecule has 2 aliphatic rings. The van der Waals surface area contributed by atoms with Crippen molar-refractivity contribution in [3.05, 3.63) is 27.2 Å². The number of nitrogens with zero attached hydrogens (tertiary/aromatic N) is 1. The van der Waals surface area contributed by atoms with Crippen LogP contribution in [-0.2, 0) is 22.4 Å². The van der Waals surface area contributed by atoms with Crippen molar-refractivity contribution in [2.75, 3.05) is 5.32 Å². The molecule has 0 aromatic carbocycles. The highest BCUT2D eigenvalue weighted by Gasteiger charge is 2.37. The fraction of sp³-hybridized carbons (Fsp3) is 0.550. The molecule has 0 unspecified atom stereocenters. The van der Waals surface area contributed by atoms with Gasteiger partial charge in [0.05, 0.1) is 17.4 Å². The average molecular weight is 372 g/mol. The Balaban J connectivity index is 1.86. The lowest BCUT2D eigenvalue weighted by Crippen LogP contribution is -2.36. The summed E-state index contributed by atoms with van der Waals surface area (Å²) in [5.41, 5.74) is 3.80. The van der Waals surface area contributed by atoms with Gasteiger partial charge in [0, 0.05) is 4.88 Å². The van der Waals surface area contributed by atoms with E-state index in [1.54, 1.807) is 0 Å². The van der Waals surface area contributed by atoms with Gasteiger partial charge in [0.25, 0.3) is 0 Å². The molecule has 0 aliphatic heterocycles. The number of aliphatic carboxylic acids is 1. The molecule has 0 spiro atoms. The van der Waals surface area contributed by atoms with Gasteiger partial charge in [-0.1, -0.05) is 17.6 Å². The second kappa shape index (κ2) is 7.63. The number of anilines is 1. The van der Waals surface area contributed by atoms with Crippen molar-refractivity contribution in [3.8, 4) is 6.07 Å². The number of carbonyl (C=O) groups excluding carboxylic acids is 1. The quantitative estimate of drug-likeness (QED) is 0.612. The number of nitrogens with one attached hydrogen (secondary N) is 1. The Morgan fingerprint density at radius 2 is 1.77 bits per heavy atom. The Hall–Kier alpha value is -2.13. The fourth-order valence-electron chi connectivity index (χ4n) is 3.98. The van der Waals surface area contributed by atoms with Crippen LogP contribution in [0.15, 0.2) is 11.1 Å². The summed E-state index contributed by atoms with van der Waals surface area (Å²) in [6.45, 7) is 3.89. The first-order valence-electron chi connectivity index (χ1n) is 9.16. The van der Waals surface area contributed by atoms with Crippen molar-refractivity contribution in [2.24, 2.45) is 11.8 Å². The number of carboxylic acids is 1. The van der Waals surface area contributed by atoms with Crippen LogP contribution >= 0.6 is 11.3 Å². The van der Waals surface area contributed by atoms with Crippen LogP contribution in [-0.4, -0.2) is 17.0 Å². The van der Waals surface area contributed by atoms with Crippen molar-refractivity contribution < 1.29 is 14.7 Å². The van der Waals surface area contributed by atoms with E-state index in [-0.39, 0.29) is 5.91 Å². The molecule has 1 heterocycles. The van der Waals surface area contributed by atoms with Gasteiger partial charge < -0.3 is 10.4 Å². The molecule has 1 aromatic rings. The van der Waals surface area contributed by atoms with E-state index in [1.807, 2.05) is 13.8 Å². The number of rotatable bonds is 3. The van der Waals surface area contributed by atoms with E-state index in [1.165, 1.54) is 22.6 Å². The Kier molecular flexibility index (Phi) is 5.47. The van der Waals surface area contributed by atoms with Gasteiger partial charge in [-0.15, -0.1) is 11.3 Å². The number of hydrogen-bond donors (Lipinski definition) is 2. The summed E-state index contributed by atoms with van der Waals surface area (Å²) in [4.78, 5) is 25.7. The number of carboxylic acid groups (broad SMARTS) is 1. The number of thiophene rings is 1. The Morgan fingerprint density at radius 3 is 2.42 bits per heavy atom. The zero-order chi connectivity index (χ0) is 18.8. The zero-order valence-corrected chi connectivity index (χ0v) is 16.0. The standard InChI is InChI=1S/C20H24N2O3S/c1-11-8-14(15(20(24)25)9-12(11)2)18(23)22-19-16(10-21)13-6-4-3-5-7-17(13)26-19/h14-15H,3-9H2,1-2H3,(H,22,23)(H,24,25)/t14-,15+/m1/s1. The summed E-state index contributed by atoms with van der Waals surface area (Å²) in [7, 11) is 0. The SMILES string of the molecule is CC1=C(C)C[C@@H](C(=O)Nc2sc3c(c2C#N)CCCCC3)[C@@H](C(=O)O)C1. The molecule has 0 saturated carbocycles. The number of hydrogen-bond acceptors (Lipinski definition) is 4. The van der Waals surface area contributed by atoms with Crippen molar-refractivity contribution in [3.63, 3.8) is 0 Å². The highest BCUT2D eigenvalue weighted by Crippen LogP contribution is 2.39. The third-order valence-corrected chi connectivity index (χ3v) is 6.90. The maximum absolute atomic E-state index is 12.9. The molecule has 26 heavy (non-hydrogen) atoms. The predicted molar refractivity (Wildman–Crippen MR) is 101 cm³/mol. The number of amides is 1. The third-order valence-electron chi connectivity index (χ3n) is 5.69. The molecule has 0 fully saturated rings. The maximum Gasteiger partial charge on any atom is 0.307 e. The summed E-state index contributed by atoms with van der Waals surface area (Å²) in [6, 6.07) is 2.26. The summed E-state index contributed by atoms with van der Waals surface area (Å²) < 4.78 is 0. The Bertz CT molecular complexity index is 816. The lowest BCUT2D eigenvalue weighted by atomic mass is 9.76. The normalized spacial score (nSPS) is 23.0. The predicted octanol–water partition coefficient (Wildman–Crippen LogP) is 4.27.